The Morgan fingerprint density at radius 1 is 1.07 bits per heavy atom. The van der Waals surface area contributed by atoms with Crippen molar-refractivity contribution in [2.45, 2.75) is 37.0 Å². The second kappa shape index (κ2) is 12.4. The molecule has 1 amide bonds. The van der Waals surface area contributed by atoms with Crippen molar-refractivity contribution in [3.8, 4) is 0 Å². The number of sulfone groups is 1. The Hall–Kier alpha value is -3.48. The summed E-state index contributed by atoms with van der Waals surface area (Å²) < 4.78 is 95.1. The van der Waals surface area contributed by atoms with Crippen LogP contribution in [0.4, 0.5) is 22.0 Å². The number of hydrogen-bond donors (Lipinski definition) is 2. The fourth-order valence-electron chi connectivity index (χ4n) is 4.72. The van der Waals surface area contributed by atoms with Gasteiger partial charge in [-0.05, 0) is 53.6 Å². The number of aryl methyl sites for hydroxylation is 1. The molecule has 0 fully saturated rings. The molecule has 0 aliphatic heterocycles. The van der Waals surface area contributed by atoms with E-state index in [0.29, 0.717) is 10.9 Å². The molecule has 4 aromatic rings. The second-order valence-corrected chi connectivity index (χ2v) is 12.2. The molecule has 1 atom stereocenters. The molecule has 6 nitrogen and oxygen atoms in total. The molecule has 1 heterocycles. The van der Waals surface area contributed by atoms with E-state index in [9.17, 15) is 35.9 Å². The molecule has 42 heavy (non-hydrogen) atoms. The maximum absolute atomic E-state index is 15.2. The van der Waals surface area contributed by atoms with Gasteiger partial charge in [-0.25, -0.2) is 17.2 Å². The highest BCUT2D eigenvalue weighted by Crippen LogP contribution is 2.36. The molecule has 0 radical (unpaired) electrons. The maximum atomic E-state index is 15.2. The molecule has 0 saturated heterocycles. The number of hydrogen-bond acceptors (Lipinski definition) is 4. The summed E-state index contributed by atoms with van der Waals surface area (Å²) >= 11 is 5.78. The molecule has 0 saturated carbocycles. The van der Waals surface area contributed by atoms with Crippen LogP contribution >= 0.6 is 11.6 Å². The lowest BCUT2D eigenvalue weighted by Gasteiger charge is -2.18. The van der Waals surface area contributed by atoms with Gasteiger partial charge in [0.05, 0.1) is 46.5 Å². The Balaban J connectivity index is 1.67. The Bertz CT molecular complexity index is 1720. The number of nitrogens with one attached hydrogen (secondary N) is 1. The van der Waals surface area contributed by atoms with Gasteiger partial charge in [0, 0.05) is 22.5 Å². The van der Waals surface area contributed by atoms with E-state index >= 15 is 4.39 Å². The van der Waals surface area contributed by atoms with Gasteiger partial charge in [-0.1, -0.05) is 36.7 Å². The van der Waals surface area contributed by atoms with Crippen LogP contribution < -0.4 is 5.32 Å². The van der Waals surface area contributed by atoms with Crippen molar-refractivity contribution in [2.75, 3.05) is 19.0 Å². The molecule has 1 unspecified atom stereocenters. The minimum absolute atomic E-state index is 0.0720. The summed E-state index contributed by atoms with van der Waals surface area (Å²) in [4.78, 5) is 13.1. The number of aliphatic hydroxyl groups is 1. The van der Waals surface area contributed by atoms with Crippen LogP contribution in [0.25, 0.3) is 10.9 Å². The lowest BCUT2D eigenvalue weighted by atomic mass is 10.0. The van der Waals surface area contributed by atoms with Crippen molar-refractivity contribution in [3.05, 3.63) is 99.5 Å². The quantitative estimate of drug-likeness (QED) is 0.203. The fraction of sp³-hybridized carbons (Fsp3) is 0.276. The van der Waals surface area contributed by atoms with E-state index in [1.807, 2.05) is 0 Å². The van der Waals surface area contributed by atoms with Gasteiger partial charge in [-0.2, -0.15) is 13.2 Å². The number of amides is 1. The summed E-state index contributed by atoms with van der Waals surface area (Å²) in [5.41, 5.74) is -0.640. The predicted octanol–water partition coefficient (Wildman–Crippen LogP) is 6.27. The summed E-state index contributed by atoms with van der Waals surface area (Å²) in [7, 11) is -3.46. The van der Waals surface area contributed by atoms with Crippen LogP contribution in [0.1, 0.15) is 45.7 Å². The van der Waals surface area contributed by atoms with Gasteiger partial charge in [0.15, 0.2) is 9.84 Å². The second-order valence-electron chi connectivity index (χ2n) is 9.52. The van der Waals surface area contributed by atoms with E-state index in [2.05, 4.69) is 5.32 Å². The van der Waals surface area contributed by atoms with Crippen LogP contribution in [-0.2, 0) is 29.0 Å². The first-order valence-electron chi connectivity index (χ1n) is 12.8. The summed E-state index contributed by atoms with van der Waals surface area (Å²) in [6, 6.07) is 11.6. The van der Waals surface area contributed by atoms with Crippen molar-refractivity contribution in [3.63, 3.8) is 0 Å². The van der Waals surface area contributed by atoms with E-state index in [4.69, 9.17) is 11.6 Å². The van der Waals surface area contributed by atoms with Gasteiger partial charge >= 0.3 is 6.18 Å². The van der Waals surface area contributed by atoms with Gasteiger partial charge in [0.1, 0.15) is 12.5 Å². The van der Waals surface area contributed by atoms with Gasteiger partial charge in [-0.3, -0.25) is 4.79 Å². The zero-order valence-electron chi connectivity index (χ0n) is 22.2. The number of halogens is 6. The van der Waals surface area contributed by atoms with Crippen LogP contribution in [0, 0.1) is 5.82 Å². The number of carbonyl (C=O) groups is 1. The van der Waals surface area contributed by atoms with Crippen molar-refractivity contribution < 1.29 is 40.3 Å². The Morgan fingerprint density at radius 3 is 2.36 bits per heavy atom. The summed E-state index contributed by atoms with van der Waals surface area (Å²) in [6.45, 7) is -0.203. The molecular weight excluding hydrogens is 603 g/mol. The number of rotatable bonds is 10. The number of nitrogens with zero attached hydrogens (tertiary/aromatic N) is 1. The van der Waals surface area contributed by atoms with Gasteiger partial charge in [0.25, 0.3) is 5.91 Å². The molecule has 0 bridgehead atoms. The number of alkyl halides is 4. The maximum Gasteiger partial charge on any atom is 0.416 e. The zero-order chi connectivity index (χ0) is 30.8. The van der Waals surface area contributed by atoms with Crippen LogP contribution in [0.5, 0.6) is 0 Å². The first-order valence-corrected chi connectivity index (χ1v) is 14.8. The Kier molecular flexibility index (Phi) is 9.29. The number of carbonyl (C=O) groups excluding carboxylic acids is 1. The molecule has 0 aliphatic carbocycles. The lowest BCUT2D eigenvalue weighted by molar-refractivity contribution is -0.138. The molecule has 224 valence electrons. The predicted molar refractivity (Wildman–Crippen MR) is 149 cm³/mol. The Morgan fingerprint density at radius 2 is 1.76 bits per heavy atom. The largest absolute Gasteiger partial charge is 0.416 e. The molecular formula is C29H26ClF5N2O4S. The van der Waals surface area contributed by atoms with E-state index < -0.39 is 58.2 Å². The summed E-state index contributed by atoms with van der Waals surface area (Å²) in [6.07, 6.45) is -4.96. The highest BCUT2D eigenvalue weighted by Gasteiger charge is 2.34. The number of benzene rings is 3. The van der Waals surface area contributed by atoms with Crippen molar-refractivity contribution in [1.29, 1.82) is 0 Å². The molecule has 2 N–H and O–H groups in total. The van der Waals surface area contributed by atoms with Gasteiger partial charge in [0.2, 0.25) is 0 Å². The van der Waals surface area contributed by atoms with E-state index in [1.54, 1.807) is 0 Å². The first-order chi connectivity index (χ1) is 19.8. The Labute approximate surface area is 243 Å². The average molecular weight is 629 g/mol. The standard InChI is InChI=1S/C29H26ClF5N2O4S/c1-2-42(40,41)22-7-4-17(5-8-22)26(16-38)36-28(39)23-13-19-12-21(37(10-9-31)27(19)15-25(23)32)11-18-3-6-20(30)14-24(18)29(33,34)35/h3-8,12-15,26,38H,2,9-11,16H2,1H3,(H,36,39). The topological polar surface area (TPSA) is 88.4 Å². The molecule has 1 aromatic heterocycles. The first kappa shape index (κ1) is 31.5. The minimum Gasteiger partial charge on any atom is -0.394 e. The van der Waals surface area contributed by atoms with E-state index in [-0.39, 0.29) is 45.4 Å². The molecule has 0 spiro atoms. The summed E-state index contributed by atoms with van der Waals surface area (Å²) in [5, 5.41) is 12.6. The third-order valence-corrected chi connectivity index (χ3v) is 8.87. The minimum atomic E-state index is -4.69. The third-order valence-electron chi connectivity index (χ3n) is 6.89. The van der Waals surface area contributed by atoms with E-state index in [1.165, 1.54) is 60.0 Å². The number of aliphatic hydroxyl groups excluding tert-OH is 1. The zero-order valence-corrected chi connectivity index (χ0v) is 23.8. The number of fused-ring (bicyclic) bond motifs is 1. The molecule has 4 rings (SSSR count). The van der Waals surface area contributed by atoms with Gasteiger partial charge < -0.3 is 15.0 Å². The van der Waals surface area contributed by atoms with Crippen LogP contribution in [0.15, 0.2) is 65.6 Å². The van der Waals surface area contributed by atoms with Crippen molar-refractivity contribution in [2.24, 2.45) is 0 Å². The highest BCUT2D eigenvalue weighted by molar-refractivity contribution is 7.91. The molecule has 13 heteroatoms. The van der Waals surface area contributed by atoms with Gasteiger partial charge in [-0.15, -0.1) is 0 Å². The highest BCUT2D eigenvalue weighted by atomic mass is 35.5. The molecule has 0 aliphatic rings. The lowest BCUT2D eigenvalue weighted by Crippen LogP contribution is -2.31. The van der Waals surface area contributed by atoms with Crippen LogP contribution in [-0.4, -0.2) is 43.0 Å². The van der Waals surface area contributed by atoms with Crippen molar-refractivity contribution >= 4 is 38.2 Å². The van der Waals surface area contributed by atoms with Crippen LogP contribution in [0.2, 0.25) is 5.02 Å². The smallest absolute Gasteiger partial charge is 0.394 e. The monoisotopic (exact) mass is 628 g/mol. The van der Waals surface area contributed by atoms with Crippen LogP contribution in [0.3, 0.4) is 0 Å². The normalized spacial score (nSPS) is 13.0. The summed E-state index contributed by atoms with van der Waals surface area (Å²) in [5.74, 6) is -1.96. The van der Waals surface area contributed by atoms with E-state index in [0.717, 1.165) is 12.1 Å². The molecule has 3 aromatic carbocycles. The fourth-order valence-corrected chi connectivity index (χ4v) is 5.77. The average Bonchev–Trinajstić information content (AvgIpc) is 3.27. The third kappa shape index (κ3) is 6.61. The van der Waals surface area contributed by atoms with Crippen molar-refractivity contribution in [1.82, 2.24) is 9.88 Å². The SMILES string of the molecule is CCS(=O)(=O)c1ccc(C(CO)NC(=O)c2cc3cc(Cc4ccc(Cl)cc4C(F)(F)F)n(CCF)c3cc2F)cc1. The number of aromatic nitrogens is 1.